The molecule has 0 saturated carbocycles. The van der Waals surface area contributed by atoms with Gasteiger partial charge in [0.25, 0.3) is 0 Å². The Morgan fingerprint density at radius 3 is 2.33 bits per heavy atom. The molecule has 1 nitrogen and oxygen atoms in total. The van der Waals surface area contributed by atoms with Crippen molar-refractivity contribution in [2.24, 2.45) is 0 Å². The number of aryl methyl sites for hydroxylation is 2. The molecule has 1 N–H and O–H groups in total. The molecular formula is C17H23N. The maximum Gasteiger partial charge on any atom is 0.0208 e. The molecule has 0 unspecified atom stereocenters. The number of hydrogen-bond donors (Lipinski definition) is 1. The van der Waals surface area contributed by atoms with Gasteiger partial charge in [0.15, 0.2) is 0 Å². The van der Waals surface area contributed by atoms with E-state index in [2.05, 4.69) is 50.4 Å². The maximum atomic E-state index is 3.27. The Morgan fingerprint density at radius 2 is 1.78 bits per heavy atom. The van der Waals surface area contributed by atoms with Gasteiger partial charge in [0.1, 0.15) is 0 Å². The van der Waals surface area contributed by atoms with Gasteiger partial charge in [-0.25, -0.2) is 0 Å². The van der Waals surface area contributed by atoms with E-state index >= 15 is 0 Å². The molecule has 2 rings (SSSR count). The number of hydrogen-bond acceptors (Lipinski definition) is 1. The summed E-state index contributed by atoms with van der Waals surface area (Å²) in [6.45, 7) is 7.42. The summed E-state index contributed by atoms with van der Waals surface area (Å²) in [6.07, 6.45) is 6.92. The van der Waals surface area contributed by atoms with Crippen molar-refractivity contribution < 1.29 is 0 Å². The van der Waals surface area contributed by atoms with Crippen LogP contribution in [0.2, 0.25) is 0 Å². The quantitative estimate of drug-likeness (QED) is 0.789. The van der Waals surface area contributed by atoms with E-state index in [-0.39, 0.29) is 0 Å². The van der Waals surface area contributed by atoms with Crippen LogP contribution in [-0.4, -0.2) is 7.05 Å². The third-order valence-corrected chi connectivity index (χ3v) is 3.55. The molecule has 1 aromatic carbocycles. The first-order valence-corrected chi connectivity index (χ1v) is 6.73. The highest BCUT2D eigenvalue weighted by Gasteiger charge is 2.16. The smallest absolute Gasteiger partial charge is 0.0208 e. The largest absolute Gasteiger partial charge is 0.316 e. The fourth-order valence-corrected chi connectivity index (χ4v) is 2.38. The molecule has 0 radical (unpaired) electrons. The number of fused-ring (bicyclic) bond motifs is 1. The molecule has 0 fully saturated rings. The second-order valence-corrected chi connectivity index (χ2v) is 5.40. The molecule has 0 amide bonds. The van der Waals surface area contributed by atoms with Crippen LogP contribution >= 0.6 is 0 Å². The van der Waals surface area contributed by atoms with Crippen LogP contribution in [0.5, 0.6) is 0 Å². The van der Waals surface area contributed by atoms with Crippen LogP contribution in [-0.2, 0) is 19.4 Å². The van der Waals surface area contributed by atoms with Gasteiger partial charge in [-0.15, -0.1) is 0 Å². The highest BCUT2D eigenvalue weighted by Crippen LogP contribution is 2.30. The van der Waals surface area contributed by atoms with E-state index in [4.69, 9.17) is 0 Å². The second kappa shape index (κ2) is 5.53. The molecule has 96 valence electrons. The summed E-state index contributed by atoms with van der Waals surface area (Å²) in [7, 11) is 2.01. The Kier molecular flexibility index (Phi) is 4.03. The van der Waals surface area contributed by atoms with Gasteiger partial charge in [0, 0.05) is 6.54 Å². The van der Waals surface area contributed by atoms with Crippen LogP contribution < -0.4 is 5.32 Å². The van der Waals surface area contributed by atoms with Crippen LogP contribution in [0.1, 0.15) is 43.0 Å². The molecule has 1 aliphatic rings. The Hall–Kier alpha value is -1.34. The fraction of sp³-hybridized carbons (Fsp3) is 0.412. The third-order valence-electron chi connectivity index (χ3n) is 3.55. The Bertz CT molecular complexity index is 503. The average molecular weight is 241 g/mol. The molecule has 18 heavy (non-hydrogen) atoms. The lowest BCUT2D eigenvalue weighted by Crippen LogP contribution is -2.14. The minimum atomic E-state index is 0.947. The van der Waals surface area contributed by atoms with E-state index in [0.29, 0.717) is 0 Å². The zero-order valence-electron chi connectivity index (χ0n) is 11.9. The van der Waals surface area contributed by atoms with E-state index < -0.39 is 0 Å². The van der Waals surface area contributed by atoms with E-state index in [1.807, 2.05) is 7.05 Å². The summed E-state index contributed by atoms with van der Waals surface area (Å²) < 4.78 is 0. The van der Waals surface area contributed by atoms with E-state index in [1.165, 1.54) is 40.7 Å². The van der Waals surface area contributed by atoms with Crippen molar-refractivity contribution in [2.75, 3.05) is 7.05 Å². The third kappa shape index (κ3) is 2.73. The molecular weight excluding hydrogens is 218 g/mol. The number of benzene rings is 1. The molecule has 1 aliphatic carbocycles. The van der Waals surface area contributed by atoms with Crippen LogP contribution in [0.4, 0.5) is 0 Å². The van der Waals surface area contributed by atoms with E-state index in [1.54, 1.807) is 5.56 Å². The fourth-order valence-electron chi connectivity index (χ4n) is 2.38. The van der Waals surface area contributed by atoms with E-state index in [0.717, 1.165) is 6.54 Å². The highest BCUT2D eigenvalue weighted by molar-refractivity contribution is 5.70. The summed E-state index contributed by atoms with van der Waals surface area (Å²) in [5.74, 6) is 0. The van der Waals surface area contributed by atoms with Crippen LogP contribution in [0.15, 0.2) is 29.9 Å². The van der Waals surface area contributed by atoms with E-state index in [9.17, 15) is 0 Å². The first-order chi connectivity index (χ1) is 8.61. The molecule has 0 bridgehead atoms. The molecule has 0 aromatic heterocycles. The first-order valence-electron chi connectivity index (χ1n) is 6.73. The molecule has 0 saturated heterocycles. The monoisotopic (exact) mass is 241 g/mol. The normalized spacial score (nSPS) is 13.9. The van der Waals surface area contributed by atoms with Crippen molar-refractivity contribution in [3.05, 3.63) is 52.1 Å². The van der Waals surface area contributed by atoms with Gasteiger partial charge >= 0.3 is 0 Å². The van der Waals surface area contributed by atoms with Gasteiger partial charge in [-0.1, -0.05) is 29.9 Å². The molecule has 0 aliphatic heterocycles. The minimum Gasteiger partial charge on any atom is -0.316 e. The average Bonchev–Trinajstić information content (AvgIpc) is 2.30. The summed E-state index contributed by atoms with van der Waals surface area (Å²) >= 11 is 0. The number of allylic oxidation sites excluding steroid dienone is 4. The van der Waals surface area contributed by atoms with Crippen molar-refractivity contribution in [2.45, 2.75) is 40.2 Å². The van der Waals surface area contributed by atoms with Crippen LogP contribution in [0, 0.1) is 0 Å². The van der Waals surface area contributed by atoms with Gasteiger partial charge in [-0.3, -0.25) is 0 Å². The molecule has 0 spiro atoms. The zero-order chi connectivity index (χ0) is 13.1. The van der Waals surface area contributed by atoms with Gasteiger partial charge in [0.2, 0.25) is 0 Å². The van der Waals surface area contributed by atoms with Crippen molar-refractivity contribution in [3.63, 3.8) is 0 Å². The van der Waals surface area contributed by atoms with Gasteiger partial charge in [-0.05, 0) is 68.5 Å². The van der Waals surface area contributed by atoms with Crippen molar-refractivity contribution in [1.82, 2.24) is 5.32 Å². The van der Waals surface area contributed by atoms with Crippen LogP contribution in [0.25, 0.3) is 5.57 Å². The SMILES string of the molecule is CNCc1cc2c(cc1/C(C)=C/C=C(C)C)CC2. The number of rotatable bonds is 4. The Labute approximate surface area is 111 Å². The summed E-state index contributed by atoms with van der Waals surface area (Å²) in [5.41, 5.74) is 8.60. The molecule has 1 aromatic rings. The minimum absolute atomic E-state index is 0.947. The molecule has 1 heteroatoms. The molecule has 0 heterocycles. The lowest BCUT2D eigenvalue weighted by molar-refractivity contribution is 0.790. The Morgan fingerprint density at radius 1 is 1.11 bits per heavy atom. The van der Waals surface area contributed by atoms with Gasteiger partial charge in [0.05, 0.1) is 0 Å². The topological polar surface area (TPSA) is 12.0 Å². The van der Waals surface area contributed by atoms with Crippen molar-refractivity contribution >= 4 is 5.57 Å². The second-order valence-electron chi connectivity index (χ2n) is 5.40. The van der Waals surface area contributed by atoms with Gasteiger partial charge < -0.3 is 5.32 Å². The Balaban J connectivity index is 2.39. The highest BCUT2D eigenvalue weighted by atomic mass is 14.8. The first kappa shape index (κ1) is 13.1. The molecule has 0 atom stereocenters. The predicted octanol–water partition coefficient (Wildman–Crippen LogP) is 3.87. The summed E-state index contributed by atoms with van der Waals surface area (Å²) in [5, 5.41) is 3.27. The maximum absolute atomic E-state index is 3.27. The lowest BCUT2D eigenvalue weighted by atomic mass is 9.83. The predicted molar refractivity (Wildman–Crippen MR) is 79.7 cm³/mol. The summed E-state index contributed by atoms with van der Waals surface area (Å²) in [6, 6.07) is 4.76. The van der Waals surface area contributed by atoms with Gasteiger partial charge in [-0.2, -0.15) is 0 Å². The summed E-state index contributed by atoms with van der Waals surface area (Å²) in [4.78, 5) is 0. The zero-order valence-corrected chi connectivity index (χ0v) is 11.9. The standard InChI is InChI=1S/C17H23N/c1-12(2)5-6-13(3)17-10-15-8-7-14(15)9-16(17)11-18-4/h5-6,9-10,18H,7-8,11H2,1-4H3/b13-6+. The lowest BCUT2D eigenvalue weighted by Gasteiger charge is -2.23. The number of nitrogens with one attached hydrogen (secondary N) is 1. The van der Waals surface area contributed by atoms with Crippen molar-refractivity contribution in [3.8, 4) is 0 Å². The van der Waals surface area contributed by atoms with Crippen LogP contribution in [0.3, 0.4) is 0 Å². The van der Waals surface area contributed by atoms with Crippen molar-refractivity contribution in [1.29, 1.82) is 0 Å².